The predicted octanol–water partition coefficient (Wildman–Crippen LogP) is -0.819. The van der Waals surface area contributed by atoms with E-state index in [4.69, 9.17) is 9.84 Å². The van der Waals surface area contributed by atoms with Crippen molar-refractivity contribution < 1.29 is 30.3 Å². The summed E-state index contributed by atoms with van der Waals surface area (Å²) in [6.45, 7) is 2.52. The Bertz CT molecular complexity index is 505. The molecule has 1 aliphatic rings. The number of aliphatic hydroxyl groups is 5. The fraction of sp³-hybridized carbons (Fsp3) is 0.600. The van der Waals surface area contributed by atoms with Crippen LogP contribution in [0.25, 0.3) is 0 Å². The second kappa shape index (κ2) is 6.00. The molecule has 0 aliphatic carbocycles. The molecule has 0 aromatic heterocycles. The van der Waals surface area contributed by atoms with Crippen LogP contribution in [0.5, 0.6) is 0 Å². The molecule has 2 unspecified atom stereocenters. The molecule has 5 atom stereocenters. The minimum atomic E-state index is -1.93. The molecule has 2 rings (SSSR count). The zero-order valence-electron chi connectivity index (χ0n) is 12.1. The van der Waals surface area contributed by atoms with E-state index >= 15 is 0 Å². The van der Waals surface area contributed by atoms with E-state index in [2.05, 4.69) is 0 Å². The minimum absolute atomic E-state index is 0.598. The normalized spacial score (nSPS) is 34.1. The maximum absolute atomic E-state index is 10.5. The van der Waals surface area contributed by atoms with E-state index < -0.39 is 43.2 Å². The summed E-state index contributed by atoms with van der Waals surface area (Å²) in [4.78, 5) is 0. The highest BCUT2D eigenvalue weighted by atomic mass is 16.6. The highest BCUT2D eigenvalue weighted by Crippen LogP contribution is 2.42. The number of ether oxygens (including phenoxy) is 1. The summed E-state index contributed by atoms with van der Waals surface area (Å²) < 4.78 is 5.54. The van der Waals surface area contributed by atoms with Crippen LogP contribution in [0.1, 0.15) is 22.8 Å². The zero-order valence-corrected chi connectivity index (χ0v) is 12.1. The van der Waals surface area contributed by atoms with Gasteiger partial charge in [0.05, 0.1) is 13.2 Å². The number of hydrogen-bond acceptors (Lipinski definition) is 6. The highest BCUT2D eigenvalue weighted by molar-refractivity contribution is 5.33. The fourth-order valence-electron chi connectivity index (χ4n) is 2.67. The lowest BCUT2D eigenvalue weighted by molar-refractivity contribution is -0.110. The predicted molar refractivity (Wildman–Crippen MR) is 74.7 cm³/mol. The third-order valence-electron chi connectivity index (χ3n) is 4.22. The number of benzene rings is 1. The molecule has 1 saturated heterocycles. The molecular formula is C15H22O6. The Hall–Kier alpha value is -1.02. The molecule has 6 heteroatoms. The summed E-state index contributed by atoms with van der Waals surface area (Å²) in [5, 5.41) is 48.9. The number of aliphatic hydroxyl groups excluding tert-OH is 4. The zero-order chi connectivity index (χ0) is 15.8. The van der Waals surface area contributed by atoms with Crippen LogP contribution in [0.3, 0.4) is 0 Å². The van der Waals surface area contributed by atoms with Gasteiger partial charge in [-0.2, -0.15) is 0 Å². The lowest BCUT2D eigenvalue weighted by Gasteiger charge is -2.29. The van der Waals surface area contributed by atoms with Crippen LogP contribution in [0.4, 0.5) is 0 Å². The van der Waals surface area contributed by atoms with Crippen LogP contribution in [-0.2, 0) is 4.74 Å². The van der Waals surface area contributed by atoms with Gasteiger partial charge < -0.3 is 30.3 Å². The van der Waals surface area contributed by atoms with Crippen LogP contribution in [-0.4, -0.2) is 62.7 Å². The number of hydrogen-bond donors (Lipinski definition) is 5. The molecule has 0 bridgehead atoms. The summed E-state index contributed by atoms with van der Waals surface area (Å²) in [6, 6.07) is 5.41. The summed E-state index contributed by atoms with van der Waals surface area (Å²) in [5.41, 5.74) is 0.720. The summed E-state index contributed by atoms with van der Waals surface area (Å²) >= 11 is 0. The van der Waals surface area contributed by atoms with Crippen molar-refractivity contribution in [3.8, 4) is 0 Å². The van der Waals surface area contributed by atoms with Crippen molar-refractivity contribution >= 4 is 0 Å². The Balaban J connectivity index is 2.39. The SMILES string of the molecule is Cc1ccc(C2O[C@H](C(O)CO)[C@H](O)[C@@]2(O)CO)cc1C. The fourth-order valence-corrected chi connectivity index (χ4v) is 2.67. The second-order valence-corrected chi connectivity index (χ2v) is 5.67. The molecule has 5 N–H and O–H groups in total. The number of aryl methyl sites for hydroxylation is 2. The van der Waals surface area contributed by atoms with E-state index in [-0.39, 0.29) is 0 Å². The Morgan fingerprint density at radius 2 is 1.90 bits per heavy atom. The first-order valence-electron chi connectivity index (χ1n) is 6.88. The van der Waals surface area contributed by atoms with Crippen LogP contribution in [0.2, 0.25) is 0 Å². The van der Waals surface area contributed by atoms with Crippen molar-refractivity contribution in [1.29, 1.82) is 0 Å². The van der Waals surface area contributed by atoms with E-state index in [1.807, 2.05) is 19.9 Å². The molecule has 6 nitrogen and oxygen atoms in total. The highest BCUT2D eigenvalue weighted by Gasteiger charge is 2.57. The van der Waals surface area contributed by atoms with Gasteiger partial charge in [0.2, 0.25) is 0 Å². The van der Waals surface area contributed by atoms with Crippen LogP contribution >= 0.6 is 0 Å². The molecule has 0 amide bonds. The Morgan fingerprint density at radius 3 is 2.43 bits per heavy atom. The summed E-state index contributed by atoms with van der Waals surface area (Å²) in [7, 11) is 0. The topological polar surface area (TPSA) is 110 Å². The van der Waals surface area contributed by atoms with E-state index in [0.29, 0.717) is 5.56 Å². The van der Waals surface area contributed by atoms with Crippen LogP contribution in [0.15, 0.2) is 18.2 Å². The molecule has 0 saturated carbocycles. The standard InChI is InChI=1S/C15H22O6/c1-8-3-4-10(5-9(8)2)14-15(20,7-17)13(19)12(21-14)11(18)6-16/h3-5,11-14,16-20H,6-7H2,1-2H3/t11?,12-,13+,14?,15+/m1/s1. The van der Waals surface area contributed by atoms with Crippen molar-refractivity contribution in [2.45, 2.75) is 43.9 Å². The maximum atomic E-state index is 10.5. The molecule has 1 heterocycles. The van der Waals surface area contributed by atoms with Gasteiger partial charge in [-0.25, -0.2) is 0 Å². The van der Waals surface area contributed by atoms with Gasteiger partial charge in [-0.3, -0.25) is 0 Å². The average Bonchev–Trinajstić information content (AvgIpc) is 2.74. The van der Waals surface area contributed by atoms with E-state index in [1.54, 1.807) is 12.1 Å². The van der Waals surface area contributed by atoms with Gasteiger partial charge in [0, 0.05) is 0 Å². The van der Waals surface area contributed by atoms with Crippen LogP contribution < -0.4 is 0 Å². The van der Waals surface area contributed by atoms with Gasteiger partial charge >= 0.3 is 0 Å². The summed E-state index contributed by atoms with van der Waals surface area (Å²) in [6.07, 6.45) is -4.99. The first-order valence-corrected chi connectivity index (χ1v) is 6.88. The van der Waals surface area contributed by atoms with Crippen molar-refractivity contribution in [1.82, 2.24) is 0 Å². The second-order valence-electron chi connectivity index (χ2n) is 5.67. The molecule has 1 fully saturated rings. The van der Waals surface area contributed by atoms with E-state index in [0.717, 1.165) is 11.1 Å². The Morgan fingerprint density at radius 1 is 1.24 bits per heavy atom. The smallest absolute Gasteiger partial charge is 0.146 e. The molecule has 1 aliphatic heterocycles. The van der Waals surface area contributed by atoms with Crippen LogP contribution in [0, 0.1) is 13.8 Å². The monoisotopic (exact) mass is 298 g/mol. The lowest BCUT2D eigenvalue weighted by atomic mass is 9.86. The van der Waals surface area contributed by atoms with Gasteiger partial charge in [0.25, 0.3) is 0 Å². The largest absolute Gasteiger partial charge is 0.394 e. The van der Waals surface area contributed by atoms with Gasteiger partial charge in [0.15, 0.2) is 0 Å². The van der Waals surface area contributed by atoms with E-state index in [1.165, 1.54) is 0 Å². The molecule has 1 aromatic carbocycles. The first-order chi connectivity index (χ1) is 9.85. The molecule has 118 valence electrons. The van der Waals surface area contributed by atoms with E-state index in [9.17, 15) is 20.4 Å². The third-order valence-corrected chi connectivity index (χ3v) is 4.22. The van der Waals surface area contributed by atoms with Crippen molar-refractivity contribution in [2.75, 3.05) is 13.2 Å². The van der Waals surface area contributed by atoms with Gasteiger partial charge in [-0.1, -0.05) is 18.2 Å². The van der Waals surface area contributed by atoms with Crippen molar-refractivity contribution in [2.24, 2.45) is 0 Å². The van der Waals surface area contributed by atoms with Crippen molar-refractivity contribution in [3.63, 3.8) is 0 Å². The molecule has 21 heavy (non-hydrogen) atoms. The number of rotatable bonds is 4. The lowest BCUT2D eigenvalue weighted by Crippen LogP contribution is -2.50. The molecule has 0 radical (unpaired) electrons. The van der Waals surface area contributed by atoms with Gasteiger partial charge in [-0.05, 0) is 30.5 Å². The third kappa shape index (κ3) is 2.70. The quantitative estimate of drug-likeness (QED) is 0.497. The summed E-state index contributed by atoms with van der Waals surface area (Å²) in [5.74, 6) is 0. The average molecular weight is 298 g/mol. The Kier molecular flexibility index (Phi) is 4.67. The molecule has 1 aromatic rings. The first kappa shape index (κ1) is 16.4. The Labute approximate surface area is 123 Å². The minimum Gasteiger partial charge on any atom is -0.394 e. The molecule has 0 spiro atoms. The van der Waals surface area contributed by atoms with Gasteiger partial charge in [-0.15, -0.1) is 0 Å². The van der Waals surface area contributed by atoms with Crippen molar-refractivity contribution in [3.05, 3.63) is 34.9 Å². The molecular weight excluding hydrogens is 276 g/mol. The van der Waals surface area contributed by atoms with Gasteiger partial charge in [0.1, 0.15) is 30.0 Å². The maximum Gasteiger partial charge on any atom is 0.146 e.